The number of ether oxygens (including phenoxy) is 2. The van der Waals surface area contributed by atoms with Gasteiger partial charge in [-0.05, 0) is 30.7 Å². The van der Waals surface area contributed by atoms with Crippen LogP contribution in [-0.4, -0.2) is 32.3 Å². The molecular weight excluding hydrogens is 254 g/mol. The van der Waals surface area contributed by atoms with Crippen LogP contribution in [0.15, 0.2) is 24.3 Å². The molecule has 0 saturated carbocycles. The van der Waals surface area contributed by atoms with E-state index in [2.05, 4.69) is 10.1 Å². The van der Waals surface area contributed by atoms with E-state index in [1.165, 1.54) is 7.11 Å². The van der Waals surface area contributed by atoms with Crippen LogP contribution in [0, 0.1) is 0 Å². The maximum atomic E-state index is 11.2. The fourth-order valence-corrected chi connectivity index (χ4v) is 1.84. The maximum absolute atomic E-state index is 11.2. The van der Waals surface area contributed by atoms with E-state index in [0.717, 1.165) is 25.1 Å². The molecule has 0 bridgehead atoms. The second-order valence-corrected chi connectivity index (χ2v) is 4.11. The van der Waals surface area contributed by atoms with Gasteiger partial charge in [0, 0.05) is 6.54 Å². The average molecular weight is 272 g/mol. The van der Waals surface area contributed by atoms with Gasteiger partial charge in [-0.2, -0.15) is 0 Å². The molecule has 0 amide bonds. The minimum absolute atomic E-state index is 0. The van der Waals surface area contributed by atoms with Crippen LogP contribution in [0.2, 0.25) is 0 Å². The third-order valence-corrected chi connectivity index (χ3v) is 2.88. The largest absolute Gasteiger partial charge is 0.465 e. The van der Waals surface area contributed by atoms with Crippen molar-refractivity contribution in [2.45, 2.75) is 19.1 Å². The lowest BCUT2D eigenvalue weighted by atomic mass is 10.1. The van der Waals surface area contributed by atoms with Crippen molar-refractivity contribution < 1.29 is 14.3 Å². The van der Waals surface area contributed by atoms with Crippen LogP contribution in [0.1, 0.15) is 22.3 Å². The summed E-state index contributed by atoms with van der Waals surface area (Å²) >= 11 is 0. The van der Waals surface area contributed by atoms with Gasteiger partial charge >= 0.3 is 5.97 Å². The van der Waals surface area contributed by atoms with E-state index >= 15 is 0 Å². The first-order chi connectivity index (χ1) is 8.29. The lowest BCUT2D eigenvalue weighted by Gasteiger charge is -2.10. The molecule has 1 aliphatic rings. The number of methoxy groups -OCH3 is 1. The summed E-state index contributed by atoms with van der Waals surface area (Å²) in [5.41, 5.74) is 1.64. The Hall–Kier alpha value is -1.10. The summed E-state index contributed by atoms with van der Waals surface area (Å²) in [6.45, 7) is 2.56. The Morgan fingerprint density at radius 1 is 1.39 bits per heavy atom. The van der Waals surface area contributed by atoms with E-state index in [4.69, 9.17) is 4.74 Å². The molecule has 0 aliphatic carbocycles. The number of esters is 1. The van der Waals surface area contributed by atoms with Crippen molar-refractivity contribution >= 4 is 18.4 Å². The van der Waals surface area contributed by atoms with Gasteiger partial charge in [0.15, 0.2) is 0 Å². The van der Waals surface area contributed by atoms with E-state index in [-0.39, 0.29) is 18.4 Å². The fourth-order valence-electron chi connectivity index (χ4n) is 1.84. The van der Waals surface area contributed by atoms with Crippen molar-refractivity contribution in [1.82, 2.24) is 5.32 Å². The molecule has 1 aromatic carbocycles. The minimum atomic E-state index is -0.308. The van der Waals surface area contributed by atoms with E-state index in [0.29, 0.717) is 18.3 Å². The first kappa shape index (κ1) is 15.0. The highest BCUT2D eigenvalue weighted by molar-refractivity contribution is 5.89. The fraction of sp³-hybridized carbons (Fsp3) is 0.462. The zero-order valence-corrected chi connectivity index (χ0v) is 11.2. The van der Waals surface area contributed by atoms with Crippen molar-refractivity contribution in [3.63, 3.8) is 0 Å². The Morgan fingerprint density at radius 3 is 2.67 bits per heavy atom. The summed E-state index contributed by atoms with van der Waals surface area (Å²) < 4.78 is 10.4. The molecule has 0 radical (unpaired) electrons. The summed E-state index contributed by atoms with van der Waals surface area (Å²) in [7, 11) is 1.38. The Kier molecular flexibility index (Phi) is 6.12. The predicted octanol–water partition coefficient (Wildman–Crippen LogP) is 1.77. The van der Waals surface area contributed by atoms with E-state index in [1.54, 1.807) is 12.1 Å². The number of carbonyl (C=O) groups is 1. The molecule has 1 aromatic rings. The van der Waals surface area contributed by atoms with Gasteiger partial charge in [-0.3, -0.25) is 0 Å². The molecule has 0 spiro atoms. The van der Waals surface area contributed by atoms with Crippen molar-refractivity contribution in [3.05, 3.63) is 35.4 Å². The molecule has 2 rings (SSSR count). The second-order valence-electron chi connectivity index (χ2n) is 4.11. The van der Waals surface area contributed by atoms with Gasteiger partial charge in [-0.1, -0.05) is 12.1 Å². The van der Waals surface area contributed by atoms with Gasteiger partial charge in [0.1, 0.15) is 0 Å². The Bertz CT molecular complexity index is 374. The molecule has 4 nitrogen and oxygen atoms in total. The van der Waals surface area contributed by atoms with Gasteiger partial charge in [0.05, 0.1) is 25.4 Å². The molecule has 1 atom stereocenters. The molecule has 1 heterocycles. The zero-order chi connectivity index (χ0) is 12.1. The number of benzene rings is 1. The van der Waals surface area contributed by atoms with E-state index < -0.39 is 0 Å². The van der Waals surface area contributed by atoms with Gasteiger partial charge in [0.2, 0.25) is 0 Å². The zero-order valence-electron chi connectivity index (χ0n) is 10.3. The van der Waals surface area contributed by atoms with Crippen LogP contribution in [0.3, 0.4) is 0 Å². The normalized spacial score (nSPS) is 18.2. The monoisotopic (exact) mass is 271 g/mol. The average Bonchev–Trinajstić information content (AvgIpc) is 2.89. The topological polar surface area (TPSA) is 47.6 Å². The summed E-state index contributed by atoms with van der Waals surface area (Å²) in [4.78, 5) is 11.2. The van der Waals surface area contributed by atoms with Gasteiger partial charge < -0.3 is 14.8 Å². The molecule has 1 unspecified atom stereocenters. The summed E-state index contributed by atoms with van der Waals surface area (Å²) in [6, 6.07) is 7.32. The third kappa shape index (κ3) is 3.98. The highest BCUT2D eigenvalue weighted by Gasteiger charge is 2.14. The highest BCUT2D eigenvalue weighted by Crippen LogP contribution is 2.10. The Morgan fingerprint density at radius 2 is 2.11 bits per heavy atom. The molecule has 1 aliphatic heterocycles. The summed E-state index contributed by atoms with van der Waals surface area (Å²) in [5.74, 6) is -0.308. The third-order valence-electron chi connectivity index (χ3n) is 2.88. The molecule has 1 saturated heterocycles. The van der Waals surface area contributed by atoms with Crippen LogP contribution < -0.4 is 5.32 Å². The standard InChI is InChI=1S/C13H17NO3.ClH/c1-16-13(15)11-4-2-10(3-5-11)9-17-12-6-7-14-8-12;/h2-5,12,14H,6-9H2,1H3;1H. The van der Waals surface area contributed by atoms with Crippen LogP contribution in [0.4, 0.5) is 0 Å². The number of nitrogens with one attached hydrogen (secondary N) is 1. The lowest BCUT2D eigenvalue weighted by Crippen LogP contribution is -2.16. The quantitative estimate of drug-likeness (QED) is 0.848. The van der Waals surface area contributed by atoms with Crippen LogP contribution >= 0.6 is 12.4 Å². The van der Waals surface area contributed by atoms with Gasteiger partial charge in [0.25, 0.3) is 0 Å². The van der Waals surface area contributed by atoms with Gasteiger partial charge in [-0.15, -0.1) is 12.4 Å². The molecule has 5 heteroatoms. The molecule has 0 aromatic heterocycles. The second kappa shape index (κ2) is 7.36. The highest BCUT2D eigenvalue weighted by atomic mass is 35.5. The molecule has 1 N–H and O–H groups in total. The van der Waals surface area contributed by atoms with Crippen molar-refractivity contribution in [2.75, 3.05) is 20.2 Å². The number of halogens is 1. The number of rotatable bonds is 4. The van der Waals surface area contributed by atoms with E-state index in [9.17, 15) is 4.79 Å². The molecular formula is C13H18ClNO3. The van der Waals surface area contributed by atoms with Crippen molar-refractivity contribution in [2.24, 2.45) is 0 Å². The van der Waals surface area contributed by atoms with Crippen LogP contribution in [0.5, 0.6) is 0 Å². The SMILES string of the molecule is COC(=O)c1ccc(COC2CCNC2)cc1.Cl. The molecule has 18 heavy (non-hydrogen) atoms. The van der Waals surface area contributed by atoms with E-state index in [1.807, 2.05) is 12.1 Å². The van der Waals surface area contributed by atoms with Crippen molar-refractivity contribution in [3.8, 4) is 0 Å². The van der Waals surface area contributed by atoms with Crippen LogP contribution in [-0.2, 0) is 16.1 Å². The Balaban J connectivity index is 0.00000162. The number of hydrogen-bond acceptors (Lipinski definition) is 4. The minimum Gasteiger partial charge on any atom is -0.465 e. The molecule has 1 fully saturated rings. The first-order valence-electron chi connectivity index (χ1n) is 5.79. The van der Waals surface area contributed by atoms with Crippen LogP contribution in [0.25, 0.3) is 0 Å². The van der Waals surface area contributed by atoms with Crippen molar-refractivity contribution in [1.29, 1.82) is 0 Å². The molecule has 100 valence electrons. The maximum Gasteiger partial charge on any atom is 0.337 e. The predicted molar refractivity (Wildman–Crippen MR) is 71.1 cm³/mol. The smallest absolute Gasteiger partial charge is 0.337 e. The number of carbonyl (C=O) groups excluding carboxylic acids is 1. The Labute approximate surface area is 113 Å². The lowest BCUT2D eigenvalue weighted by molar-refractivity contribution is 0.0540. The number of hydrogen-bond donors (Lipinski definition) is 1. The first-order valence-corrected chi connectivity index (χ1v) is 5.79. The summed E-state index contributed by atoms with van der Waals surface area (Å²) in [6.07, 6.45) is 1.38. The summed E-state index contributed by atoms with van der Waals surface area (Å²) in [5, 5.41) is 3.25. The van der Waals surface area contributed by atoms with Gasteiger partial charge in [-0.25, -0.2) is 4.79 Å².